The van der Waals surface area contributed by atoms with Crippen LogP contribution in [-0.4, -0.2) is 40.3 Å². The molecule has 0 aromatic carbocycles. The first-order valence-corrected chi connectivity index (χ1v) is 5.86. The van der Waals surface area contributed by atoms with E-state index in [4.69, 9.17) is 9.84 Å². The number of hydrogen-bond donors (Lipinski definition) is 1. The monoisotopic (exact) mass is 241 g/mol. The Balaban J connectivity index is 2.07. The average molecular weight is 241 g/mol. The summed E-state index contributed by atoms with van der Waals surface area (Å²) in [6.07, 6.45) is 0.374. The zero-order valence-corrected chi connectivity index (χ0v) is 10.7. The van der Waals surface area contributed by atoms with E-state index in [0.29, 0.717) is 6.54 Å². The highest BCUT2D eigenvalue weighted by atomic mass is 16.6. The van der Waals surface area contributed by atoms with Crippen molar-refractivity contribution >= 4 is 12.1 Å². The van der Waals surface area contributed by atoms with Gasteiger partial charge in [-0.25, -0.2) is 4.79 Å². The van der Waals surface area contributed by atoms with Crippen LogP contribution < -0.4 is 0 Å². The summed E-state index contributed by atoms with van der Waals surface area (Å²) in [6, 6.07) is -0.188. The lowest BCUT2D eigenvalue weighted by molar-refractivity contribution is -0.151. The highest BCUT2D eigenvalue weighted by Crippen LogP contribution is 2.56. The van der Waals surface area contributed by atoms with Crippen molar-refractivity contribution in [3.8, 4) is 0 Å². The third-order valence-corrected chi connectivity index (χ3v) is 3.64. The van der Waals surface area contributed by atoms with Crippen molar-refractivity contribution in [1.29, 1.82) is 0 Å². The summed E-state index contributed by atoms with van der Waals surface area (Å²) < 4.78 is 5.29. The molecule has 3 atom stereocenters. The van der Waals surface area contributed by atoms with Crippen molar-refractivity contribution in [2.24, 2.45) is 11.3 Å². The van der Waals surface area contributed by atoms with Crippen LogP contribution in [0.25, 0.3) is 0 Å². The Bertz CT molecular complexity index is 373. The maximum atomic E-state index is 11.9. The minimum Gasteiger partial charge on any atom is -0.481 e. The second-order valence-electron chi connectivity index (χ2n) is 6.35. The smallest absolute Gasteiger partial charge is 0.410 e. The van der Waals surface area contributed by atoms with Gasteiger partial charge in [0.05, 0.1) is 5.92 Å². The number of carboxylic acids is 1. The summed E-state index contributed by atoms with van der Waals surface area (Å²) in [5.74, 6) is -1.25. The number of ether oxygens (including phenoxy) is 1. The molecule has 3 fully saturated rings. The van der Waals surface area contributed by atoms with Crippen LogP contribution in [0.5, 0.6) is 0 Å². The second-order valence-corrected chi connectivity index (χ2v) is 6.35. The number of rotatable bonds is 1. The number of carbonyl (C=O) groups excluding carboxylic acids is 1. The molecule has 5 heteroatoms. The molecule has 17 heavy (non-hydrogen) atoms. The van der Waals surface area contributed by atoms with Crippen LogP contribution in [-0.2, 0) is 9.53 Å². The minimum atomic E-state index is -0.810. The van der Waals surface area contributed by atoms with Gasteiger partial charge in [0.2, 0.25) is 0 Å². The third kappa shape index (κ3) is 1.87. The van der Waals surface area contributed by atoms with Crippen molar-refractivity contribution in [2.45, 2.75) is 45.8 Å². The molecule has 1 N–H and O–H groups in total. The fourth-order valence-electron chi connectivity index (χ4n) is 2.97. The molecule has 0 spiro atoms. The fourth-order valence-corrected chi connectivity index (χ4v) is 2.97. The maximum absolute atomic E-state index is 11.9. The van der Waals surface area contributed by atoms with Gasteiger partial charge in [-0.15, -0.1) is 0 Å². The zero-order chi connectivity index (χ0) is 13.0. The molecule has 2 bridgehead atoms. The first-order valence-electron chi connectivity index (χ1n) is 5.86. The molecular formula is C12H19NO4. The standard InChI is InChI=1S/C12H19NO4/c1-11(2,3)17-10(16)13-6-12(4)5-7(13)8(12)9(14)15/h7-8H,5-6H2,1-4H3,(H,14,15)/t7-,8+,12-/m0/s1. The van der Waals surface area contributed by atoms with Gasteiger partial charge in [-0.2, -0.15) is 0 Å². The van der Waals surface area contributed by atoms with E-state index < -0.39 is 23.6 Å². The second kappa shape index (κ2) is 3.37. The quantitative estimate of drug-likeness (QED) is 0.759. The van der Waals surface area contributed by atoms with E-state index in [0.717, 1.165) is 6.42 Å². The van der Waals surface area contributed by atoms with Gasteiger partial charge >= 0.3 is 12.1 Å². The Labute approximate surface area is 101 Å². The minimum absolute atomic E-state index is 0.188. The molecule has 96 valence electrons. The number of carbonyl (C=O) groups is 2. The van der Waals surface area contributed by atoms with Crippen LogP contribution >= 0.6 is 0 Å². The Morgan fingerprint density at radius 1 is 1.41 bits per heavy atom. The lowest BCUT2D eigenvalue weighted by atomic mass is 9.62. The van der Waals surface area contributed by atoms with Gasteiger partial charge in [0.25, 0.3) is 0 Å². The van der Waals surface area contributed by atoms with Gasteiger partial charge in [0.1, 0.15) is 5.60 Å². The zero-order valence-electron chi connectivity index (χ0n) is 10.7. The normalized spacial score (nSPS) is 35.4. The lowest BCUT2D eigenvalue weighted by Gasteiger charge is -2.40. The summed E-state index contributed by atoms with van der Waals surface area (Å²) >= 11 is 0. The molecule has 0 aromatic heterocycles. The Morgan fingerprint density at radius 3 is 2.41 bits per heavy atom. The fraction of sp³-hybridized carbons (Fsp3) is 0.833. The van der Waals surface area contributed by atoms with Crippen molar-refractivity contribution in [1.82, 2.24) is 4.90 Å². The number of carboxylic acid groups (broad SMARTS) is 1. The SMILES string of the molecule is CC(C)(C)OC(=O)N1C[C@]2(C)C[C@H]1[C@@H]2C(=O)O. The van der Waals surface area contributed by atoms with Crippen molar-refractivity contribution < 1.29 is 19.4 Å². The van der Waals surface area contributed by atoms with Gasteiger partial charge in [-0.1, -0.05) is 6.92 Å². The summed E-state index contributed by atoms with van der Waals surface area (Å²) in [7, 11) is 0. The van der Waals surface area contributed by atoms with Gasteiger partial charge in [-0.05, 0) is 27.2 Å². The number of fused-ring (bicyclic) bond motifs is 1. The lowest BCUT2D eigenvalue weighted by Crippen LogP contribution is -2.50. The van der Waals surface area contributed by atoms with Crippen LogP contribution in [0.4, 0.5) is 4.79 Å². The van der Waals surface area contributed by atoms with Crippen LogP contribution in [0.15, 0.2) is 0 Å². The largest absolute Gasteiger partial charge is 0.481 e. The molecule has 1 aliphatic carbocycles. The van der Waals surface area contributed by atoms with E-state index in [2.05, 4.69) is 0 Å². The summed E-state index contributed by atoms with van der Waals surface area (Å²) in [5.41, 5.74) is -0.808. The summed E-state index contributed by atoms with van der Waals surface area (Å²) in [4.78, 5) is 24.6. The molecule has 3 aliphatic rings. The first kappa shape index (κ1) is 12.2. The Morgan fingerprint density at radius 2 is 2.00 bits per heavy atom. The van der Waals surface area contributed by atoms with Gasteiger partial charge in [0, 0.05) is 18.0 Å². The van der Waals surface area contributed by atoms with E-state index in [-0.39, 0.29) is 11.5 Å². The maximum Gasteiger partial charge on any atom is 0.410 e. The molecule has 2 aliphatic heterocycles. The Kier molecular flexibility index (Phi) is 2.42. The summed E-state index contributed by atoms with van der Waals surface area (Å²) in [6.45, 7) is 7.83. The third-order valence-electron chi connectivity index (χ3n) is 3.64. The van der Waals surface area contributed by atoms with Gasteiger partial charge in [0.15, 0.2) is 0 Å². The van der Waals surface area contributed by atoms with Crippen molar-refractivity contribution in [3.05, 3.63) is 0 Å². The van der Waals surface area contributed by atoms with Crippen LogP contribution in [0, 0.1) is 11.3 Å². The molecule has 1 saturated carbocycles. The number of nitrogens with zero attached hydrogens (tertiary/aromatic N) is 1. The van der Waals surface area contributed by atoms with E-state index in [1.165, 1.54) is 0 Å². The number of amides is 1. The summed E-state index contributed by atoms with van der Waals surface area (Å²) in [5, 5.41) is 9.13. The Hall–Kier alpha value is -1.26. The molecule has 2 heterocycles. The highest BCUT2D eigenvalue weighted by Gasteiger charge is 2.65. The molecule has 0 aromatic rings. The van der Waals surface area contributed by atoms with E-state index >= 15 is 0 Å². The van der Waals surface area contributed by atoms with Crippen LogP contribution in [0.2, 0.25) is 0 Å². The highest BCUT2D eigenvalue weighted by molar-refractivity contribution is 5.78. The first-order chi connectivity index (χ1) is 7.64. The van der Waals surface area contributed by atoms with E-state index in [1.54, 1.807) is 4.90 Å². The molecule has 0 radical (unpaired) electrons. The van der Waals surface area contributed by atoms with E-state index in [9.17, 15) is 9.59 Å². The molecule has 2 saturated heterocycles. The number of hydrogen-bond acceptors (Lipinski definition) is 3. The van der Waals surface area contributed by atoms with Gasteiger partial charge < -0.3 is 14.7 Å². The predicted molar refractivity (Wildman–Crippen MR) is 60.6 cm³/mol. The average Bonchev–Trinajstić information content (AvgIpc) is 2.52. The molecule has 1 amide bonds. The predicted octanol–water partition coefficient (Wildman–Crippen LogP) is 1.72. The molecule has 5 nitrogen and oxygen atoms in total. The van der Waals surface area contributed by atoms with Crippen LogP contribution in [0.3, 0.4) is 0 Å². The van der Waals surface area contributed by atoms with E-state index in [1.807, 2.05) is 27.7 Å². The van der Waals surface area contributed by atoms with Crippen molar-refractivity contribution in [2.75, 3.05) is 6.54 Å². The number of aliphatic carboxylic acids is 1. The van der Waals surface area contributed by atoms with Gasteiger partial charge in [-0.3, -0.25) is 4.79 Å². The molecular weight excluding hydrogens is 222 g/mol. The molecule has 0 unspecified atom stereocenters. The molecule has 3 rings (SSSR count). The van der Waals surface area contributed by atoms with Crippen LogP contribution in [0.1, 0.15) is 34.1 Å². The topological polar surface area (TPSA) is 66.8 Å². The van der Waals surface area contributed by atoms with Crippen molar-refractivity contribution in [3.63, 3.8) is 0 Å².